The Morgan fingerprint density at radius 3 is 2.71 bits per heavy atom. The lowest BCUT2D eigenvalue weighted by molar-refractivity contribution is 0.0913. The van der Waals surface area contributed by atoms with E-state index < -0.39 is 18.0 Å². The first-order chi connectivity index (χ1) is 13.5. The van der Waals surface area contributed by atoms with Crippen LogP contribution < -0.4 is 16.3 Å². The van der Waals surface area contributed by atoms with E-state index in [0.717, 1.165) is 0 Å². The molecule has 2 aliphatic rings. The van der Waals surface area contributed by atoms with Crippen LogP contribution in [0.1, 0.15) is 48.5 Å². The standard InChI is InChI=1S/C18H19FN6O3/c19-9-1-6-12-13(7-9)24(8-20-12)17-22-15-14(16(27)23-17)21-18(28)25(15)10-2-4-11(26)5-3-10/h1,6-8,10-11,17,22,26H,2-5H2,(H,21,28)(H,23,27). The number of anilines is 1. The number of aliphatic hydroxyl groups is 1. The fraction of sp³-hybridized carbons (Fsp3) is 0.389. The summed E-state index contributed by atoms with van der Waals surface area (Å²) in [5, 5.41) is 15.7. The fourth-order valence-corrected chi connectivity index (χ4v) is 4.13. The summed E-state index contributed by atoms with van der Waals surface area (Å²) in [6.45, 7) is 0. The first kappa shape index (κ1) is 17.0. The van der Waals surface area contributed by atoms with E-state index >= 15 is 0 Å². The second kappa shape index (κ2) is 6.20. The van der Waals surface area contributed by atoms with Crippen molar-refractivity contribution < 1.29 is 14.3 Å². The lowest BCUT2D eigenvalue weighted by Crippen LogP contribution is -2.42. The number of aliphatic hydroxyl groups excluding tert-OH is 1. The Balaban J connectivity index is 1.55. The number of nitrogens with zero attached hydrogens (tertiary/aromatic N) is 3. The number of carbonyl (C=O) groups excluding carboxylic acids is 1. The molecular weight excluding hydrogens is 367 g/mol. The van der Waals surface area contributed by atoms with Gasteiger partial charge in [0, 0.05) is 6.04 Å². The lowest BCUT2D eigenvalue weighted by Gasteiger charge is -2.31. The number of nitrogens with one attached hydrogen (secondary N) is 3. The molecule has 10 heteroatoms. The number of aromatic nitrogens is 4. The summed E-state index contributed by atoms with van der Waals surface area (Å²) in [4.78, 5) is 32.0. The molecule has 28 heavy (non-hydrogen) atoms. The number of H-pyrrole nitrogens is 1. The fourth-order valence-electron chi connectivity index (χ4n) is 4.13. The highest BCUT2D eigenvalue weighted by molar-refractivity contribution is 5.99. The van der Waals surface area contributed by atoms with E-state index in [4.69, 9.17) is 0 Å². The van der Waals surface area contributed by atoms with Crippen molar-refractivity contribution in [1.82, 2.24) is 24.4 Å². The van der Waals surface area contributed by atoms with E-state index in [9.17, 15) is 19.1 Å². The maximum Gasteiger partial charge on any atom is 0.328 e. The third-order valence-electron chi connectivity index (χ3n) is 5.54. The van der Waals surface area contributed by atoms with Crippen LogP contribution >= 0.6 is 0 Å². The Morgan fingerprint density at radius 2 is 1.93 bits per heavy atom. The summed E-state index contributed by atoms with van der Waals surface area (Å²) in [6.07, 6.45) is 2.97. The Bertz CT molecular complexity index is 1120. The van der Waals surface area contributed by atoms with Gasteiger partial charge in [-0.2, -0.15) is 0 Å². The number of aromatic amines is 1. The summed E-state index contributed by atoms with van der Waals surface area (Å²) in [5.74, 6) is -0.432. The Labute approximate surface area is 158 Å². The minimum absolute atomic E-state index is 0.105. The number of hydrogen-bond acceptors (Lipinski definition) is 5. The Hall–Kier alpha value is -3.14. The highest BCUT2D eigenvalue weighted by Crippen LogP contribution is 2.33. The van der Waals surface area contributed by atoms with Crippen LogP contribution in [0.4, 0.5) is 10.2 Å². The average molecular weight is 386 g/mol. The first-order valence-electron chi connectivity index (χ1n) is 9.23. The number of halogens is 1. The largest absolute Gasteiger partial charge is 0.393 e. The van der Waals surface area contributed by atoms with Gasteiger partial charge in [-0.25, -0.2) is 14.2 Å². The lowest BCUT2D eigenvalue weighted by atomic mass is 9.93. The molecule has 1 fully saturated rings. The van der Waals surface area contributed by atoms with Crippen LogP contribution in [0.25, 0.3) is 11.0 Å². The zero-order chi connectivity index (χ0) is 19.4. The van der Waals surface area contributed by atoms with Crippen molar-refractivity contribution in [2.75, 3.05) is 5.32 Å². The minimum Gasteiger partial charge on any atom is -0.393 e. The Kier molecular flexibility index (Phi) is 3.76. The number of imidazole rings is 2. The summed E-state index contributed by atoms with van der Waals surface area (Å²) in [5.41, 5.74) is 0.918. The molecule has 9 nitrogen and oxygen atoms in total. The summed E-state index contributed by atoms with van der Waals surface area (Å²) < 4.78 is 16.9. The van der Waals surface area contributed by atoms with Crippen molar-refractivity contribution in [1.29, 1.82) is 0 Å². The van der Waals surface area contributed by atoms with Crippen molar-refractivity contribution in [3.63, 3.8) is 0 Å². The van der Waals surface area contributed by atoms with Crippen LogP contribution in [-0.4, -0.2) is 36.2 Å². The number of fused-ring (bicyclic) bond motifs is 2. The van der Waals surface area contributed by atoms with Crippen LogP contribution in [0.2, 0.25) is 0 Å². The third-order valence-corrected chi connectivity index (χ3v) is 5.54. The number of rotatable bonds is 2. The van der Waals surface area contributed by atoms with Crippen molar-refractivity contribution in [2.24, 2.45) is 0 Å². The van der Waals surface area contributed by atoms with Crippen LogP contribution in [0.3, 0.4) is 0 Å². The summed E-state index contributed by atoms with van der Waals surface area (Å²) in [7, 11) is 0. The highest BCUT2D eigenvalue weighted by atomic mass is 19.1. The molecule has 4 N–H and O–H groups in total. The zero-order valence-corrected chi connectivity index (χ0v) is 14.9. The molecule has 1 amide bonds. The minimum atomic E-state index is -0.720. The van der Waals surface area contributed by atoms with Gasteiger partial charge in [-0.1, -0.05) is 0 Å². The summed E-state index contributed by atoms with van der Waals surface area (Å²) >= 11 is 0. The Morgan fingerprint density at radius 1 is 1.14 bits per heavy atom. The molecule has 3 heterocycles. The maximum absolute atomic E-state index is 13.7. The van der Waals surface area contributed by atoms with Crippen molar-refractivity contribution in [2.45, 2.75) is 44.1 Å². The normalized spacial score (nSPS) is 24.6. The molecule has 0 radical (unpaired) electrons. The molecule has 0 bridgehead atoms. The number of amides is 1. The second-order valence-corrected chi connectivity index (χ2v) is 7.29. The molecule has 0 saturated heterocycles. The van der Waals surface area contributed by atoms with Gasteiger partial charge >= 0.3 is 5.69 Å². The van der Waals surface area contributed by atoms with Gasteiger partial charge in [-0.05, 0) is 43.9 Å². The van der Waals surface area contributed by atoms with Crippen molar-refractivity contribution in [3.05, 3.63) is 46.5 Å². The van der Waals surface area contributed by atoms with Gasteiger partial charge in [0.05, 0.1) is 23.5 Å². The molecule has 1 aromatic carbocycles. The van der Waals surface area contributed by atoms with Gasteiger partial charge in [0.25, 0.3) is 5.91 Å². The van der Waals surface area contributed by atoms with Crippen LogP contribution in [-0.2, 0) is 0 Å². The van der Waals surface area contributed by atoms with E-state index in [1.807, 2.05) is 0 Å². The van der Waals surface area contributed by atoms with Crippen molar-refractivity contribution >= 4 is 22.8 Å². The molecule has 0 spiro atoms. The molecule has 1 unspecified atom stereocenters. The number of hydrogen-bond donors (Lipinski definition) is 4. The molecule has 146 valence electrons. The average Bonchev–Trinajstić information content (AvgIpc) is 3.23. The van der Waals surface area contributed by atoms with E-state index in [0.29, 0.717) is 42.5 Å². The van der Waals surface area contributed by atoms with Gasteiger partial charge in [-0.3, -0.25) is 18.9 Å². The van der Waals surface area contributed by atoms with Gasteiger partial charge in [0.1, 0.15) is 17.3 Å². The second-order valence-electron chi connectivity index (χ2n) is 7.29. The predicted octanol–water partition coefficient (Wildman–Crippen LogP) is 1.45. The monoisotopic (exact) mass is 386 g/mol. The van der Waals surface area contributed by atoms with E-state index in [1.165, 1.54) is 18.5 Å². The number of carbonyl (C=O) groups is 1. The van der Waals surface area contributed by atoms with Crippen LogP contribution in [0.15, 0.2) is 29.3 Å². The topological polar surface area (TPSA) is 117 Å². The van der Waals surface area contributed by atoms with Gasteiger partial charge in [0.15, 0.2) is 6.29 Å². The van der Waals surface area contributed by atoms with Crippen LogP contribution in [0.5, 0.6) is 0 Å². The zero-order valence-electron chi connectivity index (χ0n) is 14.9. The molecule has 2 aromatic heterocycles. The first-order valence-corrected chi connectivity index (χ1v) is 9.23. The SMILES string of the molecule is O=C1NC(n2cnc3ccc(F)cc32)Nc2c1[nH]c(=O)n2C1CCC(O)CC1. The highest BCUT2D eigenvalue weighted by Gasteiger charge is 2.33. The molecule has 3 aromatic rings. The smallest absolute Gasteiger partial charge is 0.328 e. The van der Waals surface area contributed by atoms with E-state index in [2.05, 4.69) is 20.6 Å². The molecule has 5 rings (SSSR count). The van der Waals surface area contributed by atoms with Gasteiger partial charge in [0.2, 0.25) is 0 Å². The van der Waals surface area contributed by atoms with Gasteiger partial charge in [-0.15, -0.1) is 0 Å². The van der Waals surface area contributed by atoms with E-state index in [-0.39, 0.29) is 23.5 Å². The van der Waals surface area contributed by atoms with E-state index in [1.54, 1.807) is 15.2 Å². The predicted molar refractivity (Wildman–Crippen MR) is 98.4 cm³/mol. The molecule has 1 saturated carbocycles. The van der Waals surface area contributed by atoms with Crippen molar-refractivity contribution in [3.8, 4) is 0 Å². The molecule has 1 aliphatic carbocycles. The van der Waals surface area contributed by atoms with Gasteiger partial charge < -0.3 is 15.7 Å². The maximum atomic E-state index is 13.7. The quantitative estimate of drug-likeness (QED) is 0.532. The van der Waals surface area contributed by atoms with Crippen LogP contribution in [0, 0.1) is 5.82 Å². The third kappa shape index (κ3) is 2.60. The molecule has 1 aliphatic heterocycles. The summed E-state index contributed by atoms with van der Waals surface area (Å²) in [6, 6.07) is 4.13. The number of benzene rings is 1. The molecule has 1 atom stereocenters. The molecular formula is C18H19FN6O3.